The van der Waals surface area contributed by atoms with Gasteiger partial charge in [0.25, 0.3) is 5.56 Å². The van der Waals surface area contributed by atoms with E-state index in [1.54, 1.807) is 26.4 Å². The molecular formula is C23H26N4O4. The van der Waals surface area contributed by atoms with Crippen molar-refractivity contribution in [3.8, 4) is 11.5 Å². The molecule has 2 aromatic heterocycles. The van der Waals surface area contributed by atoms with Gasteiger partial charge in [-0.25, -0.2) is 9.97 Å². The fraction of sp³-hybridized carbons (Fsp3) is 0.391. The number of pyridine rings is 1. The van der Waals surface area contributed by atoms with E-state index in [1.165, 1.54) is 10.9 Å². The van der Waals surface area contributed by atoms with Crippen LogP contribution in [0.15, 0.2) is 35.4 Å². The average molecular weight is 422 g/mol. The third-order valence-electron chi connectivity index (χ3n) is 5.68. The summed E-state index contributed by atoms with van der Waals surface area (Å²) in [7, 11) is 3.13. The molecule has 0 saturated carbocycles. The molecule has 1 aliphatic carbocycles. The molecule has 0 aliphatic heterocycles. The summed E-state index contributed by atoms with van der Waals surface area (Å²) in [6, 6.07) is 7.34. The Hall–Kier alpha value is -3.42. The second-order valence-electron chi connectivity index (χ2n) is 7.96. The number of benzene rings is 1. The van der Waals surface area contributed by atoms with Gasteiger partial charge in [0.1, 0.15) is 12.9 Å². The highest BCUT2D eigenvalue weighted by atomic mass is 16.5. The summed E-state index contributed by atoms with van der Waals surface area (Å²) in [5, 5.41) is 3.29. The maximum Gasteiger partial charge on any atom is 0.263 e. The molecule has 0 saturated heterocycles. The van der Waals surface area contributed by atoms with Gasteiger partial charge < -0.3 is 14.8 Å². The lowest BCUT2D eigenvalue weighted by Crippen LogP contribution is -2.32. The Kier molecular flexibility index (Phi) is 5.88. The SMILES string of the molecule is COc1ccc(CNC(=O)Cn2cnc3nc4c(cc3c2=O)C[C@H](C)CC4)cc1OC. The number of hydrogen-bond acceptors (Lipinski definition) is 6. The molecule has 0 unspecified atom stereocenters. The number of methoxy groups -OCH3 is 2. The lowest BCUT2D eigenvalue weighted by Gasteiger charge is -2.20. The van der Waals surface area contributed by atoms with E-state index in [4.69, 9.17) is 9.47 Å². The monoisotopic (exact) mass is 422 g/mol. The summed E-state index contributed by atoms with van der Waals surface area (Å²) in [5.41, 5.74) is 3.20. The third-order valence-corrected chi connectivity index (χ3v) is 5.68. The van der Waals surface area contributed by atoms with Gasteiger partial charge >= 0.3 is 0 Å². The van der Waals surface area contributed by atoms with Crippen molar-refractivity contribution in [1.82, 2.24) is 19.9 Å². The zero-order valence-electron chi connectivity index (χ0n) is 18.0. The topological polar surface area (TPSA) is 95.3 Å². The second-order valence-corrected chi connectivity index (χ2v) is 7.96. The lowest BCUT2D eigenvalue weighted by atomic mass is 9.87. The minimum atomic E-state index is -0.280. The second kappa shape index (κ2) is 8.75. The average Bonchev–Trinajstić information content (AvgIpc) is 2.78. The van der Waals surface area contributed by atoms with E-state index in [-0.39, 0.29) is 18.0 Å². The lowest BCUT2D eigenvalue weighted by molar-refractivity contribution is -0.121. The van der Waals surface area contributed by atoms with Gasteiger partial charge in [0, 0.05) is 12.2 Å². The number of ether oxygens (including phenoxy) is 2. The first-order valence-electron chi connectivity index (χ1n) is 10.3. The number of rotatable bonds is 6. The summed E-state index contributed by atoms with van der Waals surface area (Å²) in [6.45, 7) is 2.40. The standard InChI is InChI=1S/C23H26N4O4/c1-14-4-6-18-16(8-14)10-17-22(26-18)25-13-27(23(17)29)12-21(28)24-11-15-5-7-19(30-2)20(9-15)31-3/h5,7,9-10,13-14H,4,6,8,11-12H2,1-3H3,(H,24,28)/t14-/m1/s1. The maximum absolute atomic E-state index is 12.9. The van der Waals surface area contributed by atoms with Crippen molar-refractivity contribution < 1.29 is 14.3 Å². The zero-order valence-corrected chi connectivity index (χ0v) is 18.0. The Bertz CT molecular complexity index is 1190. The number of nitrogens with zero attached hydrogens (tertiary/aromatic N) is 3. The Morgan fingerprint density at radius 2 is 2.03 bits per heavy atom. The van der Waals surface area contributed by atoms with Crippen molar-refractivity contribution >= 4 is 16.9 Å². The summed E-state index contributed by atoms with van der Waals surface area (Å²) in [5.74, 6) is 1.51. The fourth-order valence-electron chi connectivity index (χ4n) is 3.94. The summed E-state index contributed by atoms with van der Waals surface area (Å²) in [6.07, 6.45) is 4.32. The van der Waals surface area contributed by atoms with Gasteiger partial charge in [-0.3, -0.25) is 14.2 Å². The fourth-order valence-corrected chi connectivity index (χ4v) is 3.94. The van der Waals surface area contributed by atoms with Crippen molar-refractivity contribution in [2.24, 2.45) is 5.92 Å². The summed E-state index contributed by atoms with van der Waals surface area (Å²) in [4.78, 5) is 34.3. The van der Waals surface area contributed by atoms with Crippen molar-refractivity contribution in [3.05, 3.63) is 57.8 Å². The number of aryl methyl sites for hydroxylation is 1. The van der Waals surface area contributed by atoms with Crippen LogP contribution >= 0.6 is 0 Å². The normalized spacial score (nSPS) is 15.4. The molecule has 2 heterocycles. The van der Waals surface area contributed by atoms with E-state index in [0.29, 0.717) is 35.0 Å². The van der Waals surface area contributed by atoms with Gasteiger partial charge in [0.2, 0.25) is 5.91 Å². The van der Waals surface area contributed by atoms with Crippen molar-refractivity contribution in [3.63, 3.8) is 0 Å². The van der Waals surface area contributed by atoms with Crippen molar-refractivity contribution in [1.29, 1.82) is 0 Å². The zero-order chi connectivity index (χ0) is 22.0. The molecule has 162 valence electrons. The van der Waals surface area contributed by atoms with Gasteiger partial charge in [-0.2, -0.15) is 0 Å². The molecule has 0 fully saturated rings. The maximum atomic E-state index is 12.9. The number of aromatic nitrogens is 3. The molecule has 3 aromatic rings. The summed E-state index contributed by atoms with van der Waals surface area (Å²) >= 11 is 0. The first-order valence-corrected chi connectivity index (χ1v) is 10.3. The van der Waals surface area contributed by atoms with Crippen LogP contribution in [0.2, 0.25) is 0 Å². The van der Waals surface area contributed by atoms with Crippen molar-refractivity contribution in [2.75, 3.05) is 14.2 Å². The van der Waals surface area contributed by atoms with Crippen LogP contribution in [0.4, 0.5) is 0 Å². The van der Waals surface area contributed by atoms with Crippen LogP contribution in [0.1, 0.15) is 30.2 Å². The molecular weight excluding hydrogens is 396 g/mol. The van der Waals surface area contributed by atoms with Crippen LogP contribution < -0.4 is 20.3 Å². The van der Waals surface area contributed by atoms with Crippen LogP contribution in [0.5, 0.6) is 11.5 Å². The summed E-state index contributed by atoms with van der Waals surface area (Å²) < 4.78 is 11.8. The molecule has 4 rings (SSSR count). The Labute approximate surface area is 180 Å². The number of carbonyl (C=O) groups excluding carboxylic acids is 1. The van der Waals surface area contributed by atoms with Crippen LogP contribution in [-0.2, 0) is 30.7 Å². The number of amides is 1. The largest absolute Gasteiger partial charge is 0.493 e. The number of hydrogen-bond donors (Lipinski definition) is 1. The highest BCUT2D eigenvalue weighted by Gasteiger charge is 2.19. The predicted octanol–water partition coefficient (Wildman–Crippen LogP) is 2.25. The highest BCUT2D eigenvalue weighted by molar-refractivity contribution is 5.77. The van der Waals surface area contributed by atoms with Gasteiger partial charge in [0.15, 0.2) is 17.1 Å². The Morgan fingerprint density at radius 1 is 1.23 bits per heavy atom. The van der Waals surface area contributed by atoms with Gasteiger partial charge in [-0.05, 0) is 54.5 Å². The third kappa shape index (κ3) is 4.38. The smallest absolute Gasteiger partial charge is 0.263 e. The molecule has 1 N–H and O–H groups in total. The minimum absolute atomic E-state index is 0.109. The van der Waals surface area contributed by atoms with E-state index in [0.717, 1.165) is 36.1 Å². The van der Waals surface area contributed by atoms with E-state index >= 15 is 0 Å². The van der Waals surface area contributed by atoms with Gasteiger partial charge in [0.05, 0.1) is 19.6 Å². The van der Waals surface area contributed by atoms with Crippen LogP contribution in [0, 0.1) is 5.92 Å². The molecule has 31 heavy (non-hydrogen) atoms. The first kappa shape index (κ1) is 20.8. The van der Waals surface area contributed by atoms with Crippen molar-refractivity contribution in [2.45, 2.75) is 39.3 Å². The van der Waals surface area contributed by atoms with Crippen LogP contribution in [0.3, 0.4) is 0 Å². The quantitative estimate of drug-likeness (QED) is 0.655. The first-order chi connectivity index (χ1) is 15.0. The molecule has 1 aromatic carbocycles. The molecule has 8 nitrogen and oxygen atoms in total. The molecule has 1 aliphatic rings. The van der Waals surface area contributed by atoms with Crippen LogP contribution in [-0.4, -0.2) is 34.7 Å². The predicted molar refractivity (Wildman–Crippen MR) is 116 cm³/mol. The van der Waals surface area contributed by atoms with E-state index in [9.17, 15) is 9.59 Å². The highest BCUT2D eigenvalue weighted by Crippen LogP contribution is 2.27. The molecule has 8 heteroatoms. The Morgan fingerprint density at radius 3 is 2.81 bits per heavy atom. The van der Waals surface area contributed by atoms with E-state index in [2.05, 4.69) is 22.2 Å². The molecule has 1 atom stereocenters. The van der Waals surface area contributed by atoms with Gasteiger partial charge in [-0.15, -0.1) is 0 Å². The molecule has 1 amide bonds. The van der Waals surface area contributed by atoms with Crippen LogP contribution in [0.25, 0.3) is 11.0 Å². The van der Waals surface area contributed by atoms with E-state index in [1.807, 2.05) is 12.1 Å². The molecule has 0 spiro atoms. The van der Waals surface area contributed by atoms with E-state index < -0.39 is 0 Å². The number of nitrogens with one attached hydrogen (secondary N) is 1. The Balaban J connectivity index is 1.48. The van der Waals surface area contributed by atoms with Gasteiger partial charge in [-0.1, -0.05) is 13.0 Å². The number of fused-ring (bicyclic) bond motifs is 2. The minimum Gasteiger partial charge on any atom is -0.493 e. The molecule has 0 bridgehead atoms. The molecule has 0 radical (unpaired) electrons. The number of carbonyl (C=O) groups is 1.